The first-order valence-electron chi connectivity index (χ1n) is 23.8. The van der Waals surface area contributed by atoms with E-state index in [0.29, 0.717) is 29.6 Å². The minimum Gasteiger partial charge on any atom is -0.454 e. The summed E-state index contributed by atoms with van der Waals surface area (Å²) in [6, 6.07) is 27.7. The standard InChI is InChI=1S/C60H55NO/c1-38-25-33-49-50-34-29-43(37-56(50)60(55(49)35-38)53-22-9-7-17-47(53)48-18-8-10-23-54(48)60)40-26-30-44(31-27-40)61(45-32-28-39-13-5-6-16-42(39)36-45)57-24-12-21-52-51-20-11-19-46(58(51)62-59(52)57)41-14-3-2-4-15-41/h2-5,7-10,12-15,17-19,21-28,30,33,36-38,43-45,47,50,53H,6,11,16,20,29,31-32,34-35H2,1H3. The molecule has 0 radical (unpaired) electrons. The van der Waals surface area contributed by atoms with Crippen molar-refractivity contribution < 1.29 is 4.42 Å². The van der Waals surface area contributed by atoms with E-state index < -0.39 is 0 Å². The van der Waals surface area contributed by atoms with Crippen LogP contribution in [0.15, 0.2) is 202 Å². The van der Waals surface area contributed by atoms with E-state index >= 15 is 0 Å². The van der Waals surface area contributed by atoms with Crippen LogP contribution in [0.2, 0.25) is 0 Å². The molecule has 1 spiro atoms. The molecule has 0 bridgehead atoms. The van der Waals surface area contributed by atoms with Crippen molar-refractivity contribution >= 4 is 22.2 Å². The molecular formula is C60H55NO. The maximum Gasteiger partial charge on any atom is 0.158 e. The van der Waals surface area contributed by atoms with Gasteiger partial charge in [0.2, 0.25) is 0 Å². The number of aryl methyl sites for hydroxylation is 1. The Morgan fingerprint density at radius 2 is 1.63 bits per heavy atom. The number of para-hydroxylation sites is 1. The highest BCUT2D eigenvalue weighted by Gasteiger charge is 2.61. The summed E-state index contributed by atoms with van der Waals surface area (Å²) in [7, 11) is 0. The topological polar surface area (TPSA) is 16.4 Å². The molecule has 0 amide bonds. The SMILES string of the molecule is CC1C=CC2=C(C1)C1(C3=CC(C4=CCC(N(c5cccc6c7c(oc56)C(c5ccccc5)=CCC7)C5C=C6CCC=CC6=CC5)C=C4)CCC32)c2ccccc2C2C=CC=CC21. The lowest BCUT2D eigenvalue weighted by Gasteiger charge is -2.42. The second-order valence-electron chi connectivity index (χ2n) is 19.5. The molecule has 0 fully saturated rings. The number of rotatable bonds is 5. The van der Waals surface area contributed by atoms with E-state index in [9.17, 15) is 0 Å². The van der Waals surface area contributed by atoms with Crippen molar-refractivity contribution in [2.45, 2.75) is 88.1 Å². The Labute approximate surface area is 367 Å². The van der Waals surface area contributed by atoms with Gasteiger partial charge in [0.25, 0.3) is 0 Å². The predicted molar refractivity (Wildman–Crippen MR) is 256 cm³/mol. The molecular weight excluding hydrogens is 751 g/mol. The fourth-order valence-corrected chi connectivity index (χ4v) is 13.7. The summed E-state index contributed by atoms with van der Waals surface area (Å²) < 4.78 is 7.15. The third kappa shape index (κ3) is 5.41. The van der Waals surface area contributed by atoms with Gasteiger partial charge in [0, 0.05) is 45.6 Å². The van der Waals surface area contributed by atoms with Crippen molar-refractivity contribution in [3.05, 3.63) is 225 Å². The quantitative estimate of drug-likeness (QED) is 0.187. The Bertz CT molecular complexity index is 2890. The summed E-state index contributed by atoms with van der Waals surface area (Å²) in [4.78, 5) is 2.73. The third-order valence-electron chi connectivity index (χ3n) is 16.3. The van der Waals surface area contributed by atoms with Crippen molar-refractivity contribution in [1.82, 2.24) is 0 Å². The highest BCUT2D eigenvalue weighted by atomic mass is 16.3. The van der Waals surface area contributed by atoms with Crippen LogP contribution in [0.5, 0.6) is 0 Å². The number of hydrogen-bond donors (Lipinski definition) is 0. The number of allylic oxidation sites excluding steroid dienone is 17. The highest BCUT2D eigenvalue weighted by molar-refractivity contribution is 5.97. The molecule has 0 saturated heterocycles. The molecule has 3 aromatic carbocycles. The summed E-state index contributed by atoms with van der Waals surface area (Å²) in [5, 5.41) is 1.27. The van der Waals surface area contributed by atoms with E-state index in [1.807, 2.05) is 0 Å². The van der Waals surface area contributed by atoms with Gasteiger partial charge < -0.3 is 9.32 Å². The van der Waals surface area contributed by atoms with E-state index in [4.69, 9.17) is 4.42 Å². The fourth-order valence-electron chi connectivity index (χ4n) is 13.7. The van der Waals surface area contributed by atoms with Crippen LogP contribution in [-0.2, 0) is 11.8 Å². The average Bonchev–Trinajstić information content (AvgIpc) is 3.96. The fraction of sp³-hybridized carbons (Fsp3) is 0.300. The van der Waals surface area contributed by atoms with Gasteiger partial charge in [0.05, 0.1) is 17.8 Å². The predicted octanol–water partition coefficient (Wildman–Crippen LogP) is 14.5. The zero-order valence-electron chi connectivity index (χ0n) is 35.8. The van der Waals surface area contributed by atoms with E-state index in [1.165, 1.54) is 63.8 Å². The lowest BCUT2D eigenvalue weighted by Crippen LogP contribution is -2.43. The Morgan fingerprint density at radius 1 is 0.742 bits per heavy atom. The maximum absolute atomic E-state index is 7.15. The normalized spacial score (nSPS) is 31.0. The summed E-state index contributed by atoms with van der Waals surface area (Å²) in [5.74, 6) is 3.42. The largest absolute Gasteiger partial charge is 0.454 e. The van der Waals surface area contributed by atoms with Gasteiger partial charge in [-0.05, 0) is 109 Å². The summed E-state index contributed by atoms with van der Waals surface area (Å²) in [5.41, 5.74) is 18.6. The van der Waals surface area contributed by atoms with Gasteiger partial charge >= 0.3 is 0 Å². The first-order valence-corrected chi connectivity index (χ1v) is 23.8. The molecule has 1 aromatic heterocycles. The third-order valence-corrected chi connectivity index (χ3v) is 16.3. The Balaban J connectivity index is 0.882. The average molecular weight is 806 g/mol. The molecule has 9 aliphatic carbocycles. The summed E-state index contributed by atoms with van der Waals surface area (Å²) >= 11 is 0. The lowest BCUT2D eigenvalue weighted by molar-refractivity contribution is 0.397. The molecule has 62 heavy (non-hydrogen) atoms. The Morgan fingerprint density at radius 3 is 2.55 bits per heavy atom. The van der Waals surface area contributed by atoms with Crippen LogP contribution in [0.1, 0.15) is 92.2 Å². The zero-order chi connectivity index (χ0) is 40.9. The van der Waals surface area contributed by atoms with Gasteiger partial charge in [-0.2, -0.15) is 0 Å². The van der Waals surface area contributed by atoms with Crippen molar-refractivity contribution in [2.24, 2.45) is 23.7 Å². The maximum atomic E-state index is 7.15. The number of anilines is 1. The molecule has 8 atom stereocenters. The van der Waals surface area contributed by atoms with Crippen molar-refractivity contribution in [1.29, 1.82) is 0 Å². The zero-order valence-corrected chi connectivity index (χ0v) is 35.8. The highest BCUT2D eigenvalue weighted by Crippen LogP contribution is 2.69. The molecule has 1 heterocycles. The van der Waals surface area contributed by atoms with Gasteiger partial charge in [0.1, 0.15) is 5.76 Å². The smallest absolute Gasteiger partial charge is 0.158 e. The number of furan rings is 1. The van der Waals surface area contributed by atoms with Crippen molar-refractivity contribution in [2.75, 3.05) is 4.90 Å². The lowest BCUT2D eigenvalue weighted by atomic mass is 9.60. The second-order valence-corrected chi connectivity index (χ2v) is 19.5. The monoisotopic (exact) mass is 805 g/mol. The van der Waals surface area contributed by atoms with E-state index in [1.54, 1.807) is 27.8 Å². The first kappa shape index (κ1) is 36.8. The minimum absolute atomic E-state index is 0.0515. The van der Waals surface area contributed by atoms with Crippen LogP contribution in [0.3, 0.4) is 0 Å². The van der Waals surface area contributed by atoms with E-state index in [-0.39, 0.29) is 17.5 Å². The van der Waals surface area contributed by atoms with Crippen LogP contribution in [0.4, 0.5) is 5.69 Å². The van der Waals surface area contributed by atoms with E-state index in [0.717, 1.165) is 49.9 Å². The van der Waals surface area contributed by atoms with E-state index in [2.05, 4.69) is 176 Å². The number of hydrogen-bond acceptors (Lipinski definition) is 2. The summed E-state index contributed by atoms with van der Waals surface area (Å²) in [6.07, 6.45) is 47.2. The summed E-state index contributed by atoms with van der Waals surface area (Å²) in [6.45, 7) is 2.42. The van der Waals surface area contributed by atoms with Gasteiger partial charge in [-0.25, -0.2) is 0 Å². The minimum atomic E-state index is -0.0515. The van der Waals surface area contributed by atoms with Crippen molar-refractivity contribution in [3.63, 3.8) is 0 Å². The van der Waals surface area contributed by atoms with Gasteiger partial charge in [-0.3, -0.25) is 0 Å². The van der Waals surface area contributed by atoms with Gasteiger partial charge in [-0.1, -0.05) is 176 Å². The molecule has 0 aliphatic heterocycles. The van der Waals surface area contributed by atoms with Crippen LogP contribution < -0.4 is 4.90 Å². The van der Waals surface area contributed by atoms with Crippen LogP contribution >= 0.6 is 0 Å². The van der Waals surface area contributed by atoms with Gasteiger partial charge in [-0.15, -0.1) is 0 Å². The number of nitrogens with zero attached hydrogens (tertiary/aromatic N) is 1. The van der Waals surface area contributed by atoms with Crippen LogP contribution in [-0.4, -0.2) is 12.1 Å². The molecule has 8 unspecified atom stereocenters. The second kappa shape index (κ2) is 14.3. The Kier molecular flexibility index (Phi) is 8.51. The molecule has 9 aliphatic rings. The number of benzene rings is 3. The molecule has 13 rings (SSSR count). The van der Waals surface area contributed by atoms with Crippen LogP contribution in [0, 0.1) is 23.7 Å². The molecule has 0 N–H and O–H groups in total. The molecule has 2 heteroatoms. The molecule has 2 nitrogen and oxygen atoms in total. The van der Waals surface area contributed by atoms with Crippen LogP contribution in [0.25, 0.3) is 16.5 Å². The molecule has 0 saturated carbocycles. The molecule has 306 valence electrons. The first-order chi connectivity index (χ1) is 30.6. The van der Waals surface area contributed by atoms with Gasteiger partial charge in [0.15, 0.2) is 5.58 Å². The van der Waals surface area contributed by atoms with Crippen molar-refractivity contribution in [3.8, 4) is 0 Å². The molecule has 4 aromatic rings. The number of fused-ring (bicyclic) bond motifs is 13. The Hall–Kier alpha value is -5.86.